The topological polar surface area (TPSA) is 49.2 Å². The highest BCUT2D eigenvalue weighted by atomic mass is 16.7. The lowest BCUT2D eigenvalue weighted by Crippen LogP contribution is -2.33. The first-order valence-corrected chi connectivity index (χ1v) is 7.83. The molecular formula is C16H22BN3O2. The molecule has 2 aromatic heterocycles. The van der Waals surface area contributed by atoms with E-state index in [9.17, 15) is 0 Å². The number of pyridine rings is 1. The van der Waals surface area contributed by atoms with E-state index in [1.807, 2.05) is 30.6 Å². The molecule has 1 aliphatic rings. The molecule has 116 valence electrons. The van der Waals surface area contributed by atoms with Gasteiger partial charge in [0.2, 0.25) is 0 Å². The van der Waals surface area contributed by atoms with E-state index in [1.165, 1.54) is 0 Å². The first-order chi connectivity index (χ1) is 10.6. The van der Waals surface area contributed by atoms with Crippen molar-refractivity contribution in [1.82, 2.24) is 14.8 Å². The number of hydrogen-bond donors (Lipinski definition) is 0. The predicted molar refractivity (Wildman–Crippen MR) is 86.2 cm³/mol. The molecule has 0 bridgehead atoms. The van der Waals surface area contributed by atoms with Gasteiger partial charge in [-0.1, -0.05) is 33.8 Å². The zero-order valence-corrected chi connectivity index (χ0v) is 13.5. The molecular weight excluding hydrogens is 277 g/mol. The minimum Gasteiger partial charge on any atom is -0.402 e. The van der Waals surface area contributed by atoms with Crippen molar-refractivity contribution in [3.8, 4) is 5.82 Å². The Morgan fingerprint density at radius 3 is 2.23 bits per heavy atom. The van der Waals surface area contributed by atoms with E-state index in [-0.39, 0.29) is 19.3 Å². The van der Waals surface area contributed by atoms with Crippen molar-refractivity contribution >= 4 is 12.6 Å². The molecule has 2 atom stereocenters. The third kappa shape index (κ3) is 2.94. The quantitative estimate of drug-likeness (QED) is 0.811. The van der Waals surface area contributed by atoms with Gasteiger partial charge in [0.05, 0.1) is 12.2 Å². The lowest BCUT2D eigenvalue weighted by molar-refractivity contribution is 0.0815. The van der Waals surface area contributed by atoms with Crippen LogP contribution in [0.1, 0.15) is 27.7 Å². The Hall–Kier alpha value is -1.66. The smallest absolute Gasteiger partial charge is 0.402 e. The Kier molecular flexibility index (Phi) is 4.31. The Morgan fingerprint density at radius 2 is 1.77 bits per heavy atom. The van der Waals surface area contributed by atoms with Crippen LogP contribution in [0.4, 0.5) is 0 Å². The second-order valence-corrected chi connectivity index (χ2v) is 6.42. The van der Waals surface area contributed by atoms with Crippen LogP contribution in [0.15, 0.2) is 36.8 Å². The fourth-order valence-electron chi connectivity index (χ4n) is 2.78. The summed E-state index contributed by atoms with van der Waals surface area (Å²) in [5, 5.41) is 4.18. The molecule has 1 aliphatic heterocycles. The number of rotatable bonds is 4. The summed E-state index contributed by atoms with van der Waals surface area (Å²) in [4.78, 5) is 4.45. The van der Waals surface area contributed by atoms with E-state index < -0.39 is 0 Å². The van der Waals surface area contributed by atoms with E-state index in [2.05, 4.69) is 37.8 Å². The summed E-state index contributed by atoms with van der Waals surface area (Å²) in [6.45, 7) is 8.69. The van der Waals surface area contributed by atoms with Crippen LogP contribution in [-0.2, 0) is 9.31 Å². The molecule has 1 saturated heterocycles. The zero-order valence-electron chi connectivity index (χ0n) is 13.5. The van der Waals surface area contributed by atoms with E-state index in [0.29, 0.717) is 11.8 Å². The SMILES string of the molecule is CC(C)C1OB(c2ccc(-n3cccn3)nc2)OC1C(C)C. The summed E-state index contributed by atoms with van der Waals surface area (Å²) in [7, 11) is -0.334. The van der Waals surface area contributed by atoms with Crippen LogP contribution in [0, 0.1) is 11.8 Å². The Labute approximate surface area is 131 Å². The maximum atomic E-state index is 6.13. The summed E-state index contributed by atoms with van der Waals surface area (Å²) < 4.78 is 14.0. The zero-order chi connectivity index (χ0) is 15.7. The highest BCUT2D eigenvalue weighted by molar-refractivity contribution is 6.61. The average Bonchev–Trinajstić information content (AvgIpc) is 3.17. The molecule has 0 saturated carbocycles. The van der Waals surface area contributed by atoms with Crippen molar-refractivity contribution in [1.29, 1.82) is 0 Å². The van der Waals surface area contributed by atoms with Gasteiger partial charge >= 0.3 is 7.12 Å². The van der Waals surface area contributed by atoms with Crippen LogP contribution in [-0.4, -0.2) is 34.1 Å². The van der Waals surface area contributed by atoms with Crippen LogP contribution in [0.5, 0.6) is 0 Å². The summed E-state index contributed by atoms with van der Waals surface area (Å²) >= 11 is 0. The minimum absolute atomic E-state index is 0.121. The van der Waals surface area contributed by atoms with Gasteiger partial charge in [0.15, 0.2) is 5.82 Å². The molecule has 3 rings (SSSR count). The lowest BCUT2D eigenvalue weighted by atomic mass is 9.80. The van der Waals surface area contributed by atoms with E-state index in [4.69, 9.17) is 9.31 Å². The second kappa shape index (κ2) is 6.22. The van der Waals surface area contributed by atoms with Crippen LogP contribution in [0.25, 0.3) is 5.82 Å². The highest BCUT2D eigenvalue weighted by Crippen LogP contribution is 2.27. The molecule has 6 heteroatoms. The second-order valence-electron chi connectivity index (χ2n) is 6.42. The molecule has 0 spiro atoms. The standard InChI is InChI=1S/C16H22BN3O2/c1-11(2)15-16(12(3)4)22-17(21-15)13-6-7-14(18-10-13)20-9-5-8-19-20/h5-12,15-16H,1-4H3. The van der Waals surface area contributed by atoms with Crippen LogP contribution in [0.2, 0.25) is 0 Å². The van der Waals surface area contributed by atoms with Crippen molar-refractivity contribution in [2.45, 2.75) is 39.9 Å². The molecule has 5 nitrogen and oxygen atoms in total. The molecule has 1 fully saturated rings. The fourth-order valence-corrected chi connectivity index (χ4v) is 2.78. The first kappa shape index (κ1) is 15.2. The molecule has 0 N–H and O–H groups in total. The van der Waals surface area contributed by atoms with Gasteiger partial charge in [-0.3, -0.25) is 0 Å². The molecule has 2 unspecified atom stereocenters. The minimum atomic E-state index is -0.334. The Balaban J connectivity index is 1.77. The van der Waals surface area contributed by atoms with Gasteiger partial charge in [0.1, 0.15) is 0 Å². The van der Waals surface area contributed by atoms with Crippen LogP contribution in [0.3, 0.4) is 0 Å². The lowest BCUT2D eigenvalue weighted by Gasteiger charge is -2.24. The number of aromatic nitrogens is 3. The normalized spacial score (nSPS) is 22.0. The molecule has 2 aromatic rings. The molecule has 0 radical (unpaired) electrons. The van der Waals surface area contributed by atoms with Crippen LogP contribution >= 0.6 is 0 Å². The Morgan fingerprint density at radius 1 is 1.09 bits per heavy atom. The van der Waals surface area contributed by atoms with Gasteiger partial charge < -0.3 is 9.31 Å². The van der Waals surface area contributed by atoms with E-state index >= 15 is 0 Å². The first-order valence-electron chi connectivity index (χ1n) is 7.83. The van der Waals surface area contributed by atoms with Crippen molar-refractivity contribution in [3.63, 3.8) is 0 Å². The number of nitrogens with zero attached hydrogens (tertiary/aromatic N) is 3. The fraction of sp³-hybridized carbons (Fsp3) is 0.500. The van der Waals surface area contributed by atoms with E-state index in [1.54, 1.807) is 10.9 Å². The van der Waals surface area contributed by atoms with Crippen molar-refractivity contribution in [2.24, 2.45) is 11.8 Å². The van der Waals surface area contributed by atoms with Crippen molar-refractivity contribution < 1.29 is 9.31 Å². The van der Waals surface area contributed by atoms with Crippen molar-refractivity contribution in [3.05, 3.63) is 36.8 Å². The maximum absolute atomic E-state index is 6.13. The van der Waals surface area contributed by atoms with Crippen molar-refractivity contribution in [2.75, 3.05) is 0 Å². The van der Waals surface area contributed by atoms with Crippen LogP contribution < -0.4 is 5.46 Å². The summed E-state index contributed by atoms with van der Waals surface area (Å²) in [5.74, 6) is 1.63. The highest BCUT2D eigenvalue weighted by Gasteiger charge is 2.43. The average molecular weight is 299 g/mol. The summed E-state index contributed by atoms with van der Waals surface area (Å²) in [6, 6.07) is 5.80. The van der Waals surface area contributed by atoms with Gasteiger partial charge in [-0.15, -0.1) is 0 Å². The van der Waals surface area contributed by atoms with Gasteiger partial charge in [-0.05, 0) is 24.0 Å². The number of hydrogen-bond acceptors (Lipinski definition) is 4. The maximum Gasteiger partial charge on any atom is 0.496 e. The third-order valence-electron chi connectivity index (χ3n) is 3.98. The van der Waals surface area contributed by atoms with E-state index in [0.717, 1.165) is 11.3 Å². The van der Waals surface area contributed by atoms with Gasteiger partial charge in [0, 0.05) is 24.1 Å². The molecule has 22 heavy (non-hydrogen) atoms. The molecule has 3 heterocycles. The predicted octanol–water partition coefficient (Wildman–Crippen LogP) is 2.06. The summed E-state index contributed by atoms with van der Waals surface area (Å²) in [6.07, 6.45) is 5.65. The van der Waals surface area contributed by atoms with Gasteiger partial charge in [0.25, 0.3) is 0 Å². The third-order valence-corrected chi connectivity index (χ3v) is 3.98. The molecule has 0 aromatic carbocycles. The molecule has 0 aliphatic carbocycles. The van der Waals surface area contributed by atoms with Gasteiger partial charge in [-0.2, -0.15) is 5.10 Å². The largest absolute Gasteiger partial charge is 0.496 e. The monoisotopic (exact) mass is 299 g/mol. The van der Waals surface area contributed by atoms with Gasteiger partial charge in [-0.25, -0.2) is 9.67 Å². The Bertz CT molecular complexity index is 582. The summed E-state index contributed by atoms with van der Waals surface area (Å²) in [5.41, 5.74) is 0.949. The molecule has 0 amide bonds.